The van der Waals surface area contributed by atoms with Crippen LogP contribution in [-0.4, -0.2) is 14.7 Å². The van der Waals surface area contributed by atoms with Crippen LogP contribution in [0.25, 0.3) is 11.0 Å². The zero-order chi connectivity index (χ0) is 15.0. The van der Waals surface area contributed by atoms with Gasteiger partial charge in [0, 0.05) is 16.7 Å². The van der Waals surface area contributed by atoms with Crippen molar-refractivity contribution in [2.24, 2.45) is 0 Å². The van der Waals surface area contributed by atoms with Crippen LogP contribution in [0.4, 0.5) is 5.69 Å². The summed E-state index contributed by atoms with van der Waals surface area (Å²) in [7, 11) is 0. The van der Waals surface area contributed by atoms with E-state index < -0.39 is 6.10 Å². The lowest BCUT2D eigenvalue weighted by Gasteiger charge is -2.11. The predicted molar refractivity (Wildman–Crippen MR) is 88.0 cm³/mol. The second-order valence-electron chi connectivity index (χ2n) is 5.11. The lowest BCUT2D eigenvalue weighted by Crippen LogP contribution is -2.07. The Kier molecular flexibility index (Phi) is 3.69. The first-order valence-corrected chi connectivity index (χ1v) is 7.52. The van der Waals surface area contributed by atoms with Gasteiger partial charge in [0.1, 0.15) is 11.9 Å². The molecule has 0 fully saturated rings. The Hall–Kier alpha value is -1.85. The molecule has 1 heterocycles. The molecule has 0 bridgehead atoms. The molecule has 0 aliphatic rings. The SMILES string of the molecule is CC(O)c1nc2cc(N)ccc2n1Cc1ccc(Br)cc1. The number of aromatic nitrogens is 2. The van der Waals surface area contributed by atoms with Gasteiger partial charge in [-0.25, -0.2) is 4.98 Å². The summed E-state index contributed by atoms with van der Waals surface area (Å²) in [5.41, 5.74) is 9.42. The van der Waals surface area contributed by atoms with Crippen LogP contribution in [0, 0.1) is 0 Å². The number of hydrogen-bond donors (Lipinski definition) is 2. The van der Waals surface area contributed by atoms with Gasteiger partial charge in [-0.1, -0.05) is 28.1 Å². The van der Waals surface area contributed by atoms with Gasteiger partial charge in [-0.15, -0.1) is 0 Å². The smallest absolute Gasteiger partial charge is 0.138 e. The summed E-state index contributed by atoms with van der Waals surface area (Å²) < 4.78 is 3.08. The molecule has 1 atom stereocenters. The van der Waals surface area contributed by atoms with E-state index in [1.165, 1.54) is 0 Å². The summed E-state index contributed by atoms with van der Waals surface area (Å²) in [5, 5.41) is 9.97. The molecule has 0 aliphatic carbocycles. The van der Waals surface area contributed by atoms with Crippen LogP contribution >= 0.6 is 15.9 Å². The molecule has 108 valence electrons. The Labute approximate surface area is 131 Å². The summed E-state index contributed by atoms with van der Waals surface area (Å²) in [4.78, 5) is 4.51. The van der Waals surface area contributed by atoms with Crippen molar-refractivity contribution in [3.05, 3.63) is 58.3 Å². The fraction of sp³-hybridized carbons (Fsp3) is 0.188. The number of halogens is 1. The molecule has 3 N–H and O–H groups in total. The van der Waals surface area contributed by atoms with Crippen LogP contribution in [0.15, 0.2) is 46.9 Å². The summed E-state index contributed by atoms with van der Waals surface area (Å²) in [6.07, 6.45) is -0.630. The van der Waals surface area contributed by atoms with Crippen LogP contribution in [0.1, 0.15) is 24.4 Å². The fourth-order valence-corrected chi connectivity index (χ4v) is 2.69. The highest BCUT2D eigenvalue weighted by Crippen LogP contribution is 2.24. The Morgan fingerprint density at radius 1 is 1.24 bits per heavy atom. The fourth-order valence-electron chi connectivity index (χ4n) is 2.42. The third-order valence-corrected chi connectivity index (χ3v) is 3.96. The van der Waals surface area contributed by atoms with Crippen molar-refractivity contribution in [3.63, 3.8) is 0 Å². The number of anilines is 1. The molecule has 0 spiro atoms. The number of nitrogen functional groups attached to an aromatic ring is 1. The number of nitrogens with zero attached hydrogens (tertiary/aromatic N) is 2. The van der Waals surface area contributed by atoms with Gasteiger partial charge in [0.2, 0.25) is 0 Å². The predicted octanol–water partition coefficient (Wildman–Crippen LogP) is 3.48. The minimum absolute atomic E-state index is 0.630. The van der Waals surface area contributed by atoms with Gasteiger partial charge < -0.3 is 15.4 Å². The number of hydrogen-bond acceptors (Lipinski definition) is 3. The van der Waals surface area contributed by atoms with E-state index in [2.05, 4.69) is 33.0 Å². The molecule has 3 aromatic rings. The minimum atomic E-state index is -0.630. The van der Waals surface area contributed by atoms with Gasteiger partial charge in [0.25, 0.3) is 0 Å². The molecule has 0 saturated heterocycles. The van der Waals surface area contributed by atoms with Gasteiger partial charge in [-0.05, 0) is 42.8 Å². The monoisotopic (exact) mass is 345 g/mol. The Bertz CT molecular complexity index is 778. The van der Waals surface area contributed by atoms with Crippen molar-refractivity contribution < 1.29 is 5.11 Å². The van der Waals surface area contributed by atoms with Crippen molar-refractivity contribution in [3.8, 4) is 0 Å². The molecule has 0 aliphatic heterocycles. The number of fused-ring (bicyclic) bond motifs is 1. The average molecular weight is 346 g/mol. The molecule has 0 radical (unpaired) electrons. The Morgan fingerprint density at radius 2 is 1.95 bits per heavy atom. The standard InChI is InChI=1S/C16H16BrN3O/c1-10(21)16-19-14-8-13(18)6-7-15(14)20(16)9-11-2-4-12(17)5-3-11/h2-8,10,21H,9,18H2,1H3. The Morgan fingerprint density at radius 3 is 2.62 bits per heavy atom. The quantitative estimate of drug-likeness (QED) is 0.714. The van der Waals surface area contributed by atoms with Crippen LogP contribution in [0.3, 0.4) is 0 Å². The summed E-state index contributed by atoms with van der Waals surface area (Å²) >= 11 is 3.44. The lowest BCUT2D eigenvalue weighted by molar-refractivity contribution is 0.185. The summed E-state index contributed by atoms with van der Waals surface area (Å²) in [6.45, 7) is 2.39. The van der Waals surface area contributed by atoms with Gasteiger partial charge in [0.15, 0.2) is 0 Å². The maximum atomic E-state index is 9.97. The molecule has 21 heavy (non-hydrogen) atoms. The van der Waals surface area contributed by atoms with E-state index in [-0.39, 0.29) is 0 Å². The highest BCUT2D eigenvalue weighted by Gasteiger charge is 2.15. The van der Waals surface area contributed by atoms with Crippen LogP contribution in [0.2, 0.25) is 0 Å². The number of aliphatic hydroxyl groups is 1. The van der Waals surface area contributed by atoms with Gasteiger partial charge in [-0.3, -0.25) is 0 Å². The second kappa shape index (κ2) is 5.50. The van der Waals surface area contributed by atoms with Gasteiger partial charge >= 0.3 is 0 Å². The van der Waals surface area contributed by atoms with Gasteiger partial charge in [0.05, 0.1) is 11.0 Å². The van der Waals surface area contributed by atoms with Crippen LogP contribution in [0.5, 0.6) is 0 Å². The van der Waals surface area contributed by atoms with E-state index in [1.807, 2.05) is 34.9 Å². The van der Waals surface area contributed by atoms with Crippen molar-refractivity contribution in [2.45, 2.75) is 19.6 Å². The van der Waals surface area contributed by atoms with Crippen LogP contribution < -0.4 is 5.73 Å². The van der Waals surface area contributed by atoms with Crippen molar-refractivity contribution >= 4 is 32.7 Å². The molecule has 4 nitrogen and oxygen atoms in total. The normalized spacial score (nSPS) is 12.7. The van der Waals surface area contributed by atoms with E-state index in [9.17, 15) is 5.11 Å². The number of aliphatic hydroxyl groups excluding tert-OH is 1. The van der Waals surface area contributed by atoms with E-state index in [4.69, 9.17) is 5.73 Å². The molecular formula is C16H16BrN3O. The Balaban J connectivity index is 2.10. The highest BCUT2D eigenvalue weighted by atomic mass is 79.9. The zero-order valence-electron chi connectivity index (χ0n) is 11.6. The third-order valence-electron chi connectivity index (χ3n) is 3.43. The van der Waals surface area contributed by atoms with E-state index >= 15 is 0 Å². The average Bonchev–Trinajstić information content (AvgIpc) is 2.79. The molecular weight excluding hydrogens is 330 g/mol. The lowest BCUT2D eigenvalue weighted by atomic mass is 10.2. The highest BCUT2D eigenvalue weighted by molar-refractivity contribution is 9.10. The number of benzene rings is 2. The maximum absolute atomic E-state index is 9.97. The number of rotatable bonds is 3. The largest absolute Gasteiger partial charge is 0.399 e. The van der Waals surface area contributed by atoms with Crippen molar-refractivity contribution in [1.29, 1.82) is 0 Å². The zero-order valence-corrected chi connectivity index (χ0v) is 13.2. The van der Waals surface area contributed by atoms with Crippen molar-refractivity contribution in [1.82, 2.24) is 9.55 Å². The molecule has 2 aromatic carbocycles. The summed E-state index contributed by atoms with van der Waals surface area (Å²) in [6, 6.07) is 13.8. The van der Waals surface area contributed by atoms with E-state index in [0.29, 0.717) is 18.1 Å². The third kappa shape index (κ3) is 2.80. The molecule has 5 heteroatoms. The van der Waals surface area contributed by atoms with E-state index in [1.54, 1.807) is 6.92 Å². The van der Waals surface area contributed by atoms with E-state index in [0.717, 1.165) is 21.1 Å². The van der Waals surface area contributed by atoms with Crippen LogP contribution in [-0.2, 0) is 6.54 Å². The number of imidazole rings is 1. The maximum Gasteiger partial charge on any atom is 0.138 e. The first kappa shape index (κ1) is 14.1. The molecule has 1 unspecified atom stereocenters. The minimum Gasteiger partial charge on any atom is -0.399 e. The van der Waals surface area contributed by atoms with Crippen molar-refractivity contribution in [2.75, 3.05) is 5.73 Å². The second-order valence-corrected chi connectivity index (χ2v) is 6.02. The molecule has 3 rings (SSSR count). The molecule has 1 aromatic heterocycles. The topological polar surface area (TPSA) is 64.1 Å². The summed E-state index contributed by atoms with van der Waals surface area (Å²) in [5.74, 6) is 0.651. The van der Waals surface area contributed by atoms with Gasteiger partial charge in [-0.2, -0.15) is 0 Å². The number of nitrogens with two attached hydrogens (primary N) is 1. The first-order chi connectivity index (χ1) is 10.0. The molecule has 0 amide bonds. The first-order valence-electron chi connectivity index (χ1n) is 6.73. The molecule has 0 saturated carbocycles.